The molecule has 0 fully saturated rings. The third-order valence-corrected chi connectivity index (χ3v) is 11.7. The first-order valence-corrected chi connectivity index (χ1v) is 16.8. The van der Waals surface area contributed by atoms with Crippen molar-refractivity contribution in [2.75, 3.05) is 9.80 Å². The van der Waals surface area contributed by atoms with Crippen molar-refractivity contribution in [3.63, 3.8) is 0 Å². The first kappa shape index (κ1) is 25.5. The van der Waals surface area contributed by atoms with Crippen LogP contribution in [0.4, 0.5) is 22.7 Å². The second kappa shape index (κ2) is 7.91. The lowest BCUT2D eigenvalue weighted by atomic mass is 9.33. The van der Waals surface area contributed by atoms with Crippen molar-refractivity contribution >= 4 is 67.8 Å². The zero-order valence-corrected chi connectivity index (χ0v) is 27.0. The van der Waals surface area contributed by atoms with Crippen LogP contribution in [0.3, 0.4) is 0 Å². The molecule has 12 rings (SSSR count). The second-order valence-electron chi connectivity index (χ2n) is 14.8. The number of hydrogen-bond acceptors (Lipinski definition) is 5. The van der Waals surface area contributed by atoms with Gasteiger partial charge in [-0.05, 0) is 90.0 Å². The maximum atomic E-state index is 6.94. The summed E-state index contributed by atoms with van der Waals surface area (Å²) in [5.41, 5.74) is 14.5. The molecule has 0 unspecified atom stereocenters. The normalized spacial score (nSPS) is 17.3. The van der Waals surface area contributed by atoms with Crippen molar-refractivity contribution in [3.8, 4) is 34.1 Å². The number of benzene rings is 6. The molecule has 0 bridgehead atoms. The van der Waals surface area contributed by atoms with Gasteiger partial charge in [-0.2, -0.15) is 0 Å². The van der Waals surface area contributed by atoms with E-state index in [0.29, 0.717) is 0 Å². The molecule has 0 N–H and O–H groups in total. The monoisotopic (exact) mass is 620 g/mol. The van der Waals surface area contributed by atoms with E-state index in [1.54, 1.807) is 0 Å². The van der Waals surface area contributed by atoms with E-state index < -0.39 is 5.66 Å². The van der Waals surface area contributed by atoms with Gasteiger partial charge in [0.1, 0.15) is 34.2 Å². The van der Waals surface area contributed by atoms with E-state index in [1.807, 2.05) is 6.07 Å². The number of rotatable bonds is 1. The van der Waals surface area contributed by atoms with E-state index in [2.05, 4.69) is 135 Å². The molecular weight excluding hydrogens is 591 g/mol. The Morgan fingerprint density at radius 1 is 0.562 bits per heavy atom. The van der Waals surface area contributed by atoms with Crippen molar-refractivity contribution in [1.29, 1.82) is 0 Å². The summed E-state index contributed by atoms with van der Waals surface area (Å²) in [6.07, 6.45) is 0. The lowest BCUT2D eigenvalue weighted by Gasteiger charge is -2.46. The van der Waals surface area contributed by atoms with Crippen LogP contribution in [-0.4, -0.2) is 12.4 Å². The lowest BCUT2D eigenvalue weighted by Crippen LogP contribution is -2.63. The van der Waals surface area contributed by atoms with Gasteiger partial charge in [0.15, 0.2) is 5.58 Å². The predicted octanol–water partition coefficient (Wildman–Crippen LogP) is 8.96. The minimum Gasteiger partial charge on any atom is -0.458 e. The summed E-state index contributed by atoms with van der Waals surface area (Å²) in [6.45, 7) is 9.42. The van der Waals surface area contributed by atoms with Gasteiger partial charge in [0.05, 0.1) is 17.1 Å². The molecule has 5 aliphatic rings. The first-order chi connectivity index (χ1) is 23.3. The average molecular weight is 621 g/mol. The third-order valence-electron chi connectivity index (χ3n) is 11.7. The summed E-state index contributed by atoms with van der Waals surface area (Å²) in [7, 11) is 0. The summed E-state index contributed by atoms with van der Waals surface area (Å²) in [6, 6.07) is 36.9. The molecule has 1 aromatic heterocycles. The first-order valence-electron chi connectivity index (χ1n) is 16.8. The number of hydrogen-bond donors (Lipinski definition) is 0. The van der Waals surface area contributed by atoms with Crippen molar-refractivity contribution in [2.24, 2.45) is 0 Å². The van der Waals surface area contributed by atoms with Crippen LogP contribution in [0.2, 0.25) is 0 Å². The van der Waals surface area contributed by atoms with Gasteiger partial charge in [0, 0.05) is 32.9 Å². The molecule has 0 amide bonds. The average Bonchev–Trinajstić information content (AvgIpc) is 3.66. The van der Waals surface area contributed by atoms with Crippen LogP contribution in [0.5, 0.6) is 23.0 Å². The SMILES string of the molecule is CC1(C)c2ccccc2-c2c1cc1c(oc3ccccc31)c2N1c2ccc3c4c2N(c2cccc5c2B4c2c(cccc2O3)O5)C1(C)C. The summed E-state index contributed by atoms with van der Waals surface area (Å²) >= 11 is 0. The van der Waals surface area contributed by atoms with Crippen LogP contribution in [-0.2, 0) is 5.41 Å². The van der Waals surface area contributed by atoms with Crippen molar-refractivity contribution in [1.82, 2.24) is 0 Å². The standard InChI is InChI=1S/C42H29BN2O3/c1-41(2)25-13-7-5-12-23(25)34-26(41)21-24-22-11-6-8-15-29(22)48-40(24)39(34)45-28-19-20-33-37-38(28)44(42(45,3)4)27-14-9-16-30-35(27)43(37)36-31(46-30)17-10-18-32(36)47-33/h5-21H,1-4H3. The molecular formula is C42H29BN2O3. The highest BCUT2D eigenvalue weighted by Crippen LogP contribution is 2.62. The largest absolute Gasteiger partial charge is 0.458 e. The summed E-state index contributed by atoms with van der Waals surface area (Å²) < 4.78 is 20.3. The number of para-hydroxylation sites is 1. The zero-order chi connectivity index (χ0) is 31.8. The summed E-state index contributed by atoms with van der Waals surface area (Å²) in [5.74, 6) is 3.57. The highest BCUT2D eigenvalue weighted by molar-refractivity contribution is 7.00. The van der Waals surface area contributed by atoms with Gasteiger partial charge in [-0.25, -0.2) is 0 Å². The van der Waals surface area contributed by atoms with Gasteiger partial charge in [-0.15, -0.1) is 0 Å². The van der Waals surface area contributed by atoms with Crippen LogP contribution in [0.15, 0.2) is 108 Å². The maximum Gasteiger partial charge on any atom is 0.266 e. The molecule has 0 radical (unpaired) electrons. The molecule has 1 aliphatic carbocycles. The second-order valence-corrected chi connectivity index (χ2v) is 14.8. The Labute approximate surface area is 278 Å². The maximum absolute atomic E-state index is 6.94. The van der Waals surface area contributed by atoms with Crippen molar-refractivity contribution < 1.29 is 13.9 Å². The Kier molecular flexibility index (Phi) is 4.20. The fraction of sp³-hybridized carbons (Fsp3) is 0.143. The molecule has 5 nitrogen and oxygen atoms in total. The molecule has 0 saturated heterocycles. The van der Waals surface area contributed by atoms with E-state index >= 15 is 0 Å². The lowest BCUT2D eigenvalue weighted by molar-refractivity contribution is 0.463. The molecule has 228 valence electrons. The highest BCUT2D eigenvalue weighted by Gasteiger charge is 2.56. The Morgan fingerprint density at radius 2 is 1.25 bits per heavy atom. The quantitative estimate of drug-likeness (QED) is 0.171. The van der Waals surface area contributed by atoms with Crippen LogP contribution in [0.1, 0.15) is 38.8 Å². The highest BCUT2D eigenvalue weighted by atomic mass is 16.5. The zero-order valence-electron chi connectivity index (χ0n) is 27.0. The van der Waals surface area contributed by atoms with Gasteiger partial charge >= 0.3 is 0 Å². The van der Waals surface area contributed by atoms with Crippen molar-refractivity contribution in [2.45, 2.75) is 38.8 Å². The van der Waals surface area contributed by atoms with Crippen molar-refractivity contribution in [3.05, 3.63) is 114 Å². The number of fused-ring (bicyclic) bond motifs is 7. The van der Waals surface area contributed by atoms with E-state index in [4.69, 9.17) is 13.9 Å². The van der Waals surface area contributed by atoms with Gasteiger partial charge in [-0.1, -0.05) is 68.4 Å². The van der Waals surface area contributed by atoms with E-state index in [0.717, 1.165) is 61.8 Å². The van der Waals surface area contributed by atoms with Gasteiger partial charge in [0.25, 0.3) is 6.71 Å². The summed E-state index contributed by atoms with van der Waals surface area (Å²) in [5, 5.41) is 2.29. The number of ether oxygens (including phenoxy) is 2. The molecule has 6 aromatic carbocycles. The molecule has 4 aliphatic heterocycles. The minimum absolute atomic E-state index is 0.0224. The van der Waals surface area contributed by atoms with Crippen LogP contribution >= 0.6 is 0 Å². The van der Waals surface area contributed by atoms with E-state index in [-0.39, 0.29) is 12.1 Å². The van der Waals surface area contributed by atoms with E-state index in [1.165, 1.54) is 44.6 Å². The number of furan rings is 1. The Bertz CT molecular complexity index is 2650. The number of anilines is 4. The molecule has 0 saturated carbocycles. The van der Waals surface area contributed by atoms with Gasteiger partial charge in [0.2, 0.25) is 0 Å². The summed E-state index contributed by atoms with van der Waals surface area (Å²) in [4.78, 5) is 5.09. The fourth-order valence-electron chi connectivity index (χ4n) is 9.81. The molecule has 48 heavy (non-hydrogen) atoms. The van der Waals surface area contributed by atoms with E-state index in [9.17, 15) is 0 Å². The Morgan fingerprint density at radius 3 is 2.08 bits per heavy atom. The Hall–Kier alpha value is -5.62. The van der Waals surface area contributed by atoms with Gasteiger partial charge < -0.3 is 23.7 Å². The molecule has 5 heterocycles. The van der Waals surface area contributed by atoms with Gasteiger partial charge in [-0.3, -0.25) is 0 Å². The van der Waals surface area contributed by atoms with Crippen LogP contribution < -0.4 is 35.7 Å². The topological polar surface area (TPSA) is 38.1 Å². The molecule has 6 heteroatoms. The predicted molar refractivity (Wildman–Crippen MR) is 194 cm³/mol. The molecule has 0 spiro atoms. The van der Waals surface area contributed by atoms with Crippen LogP contribution in [0.25, 0.3) is 33.1 Å². The molecule has 7 aromatic rings. The number of nitrogens with zero attached hydrogens (tertiary/aromatic N) is 2. The molecule has 0 atom stereocenters. The fourth-order valence-corrected chi connectivity index (χ4v) is 9.81. The minimum atomic E-state index is -0.530. The Balaban J connectivity index is 1.24. The smallest absolute Gasteiger partial charge is 0.266 e. The third kappa shape index (κ3) is 2.66. The van der Waals surface area contributed by atoms with Crippen LogP contribution in [0, 0.1) is 0 Å².